The van der Waals surface area contributed by atoms with E-state index >= 15 is 0 Å². The van der Waals surface area contributed by atoms with Gasteiger partial charge in [0.25, 0.3) is 0 Å². The number of carbonyl (C=O) groups is 1. The lowest BCUT2D eigenvalue weighted by atomic mass is 10.2. The van der Waals surface area contributed by atoms with Crippen LogP contribution in [0.1, 0.15) is 29.4 Å². The van der Waals surface area contributed by atoms with Crippen LogP contribution in [0, 0.1) is 0 Å². The summed E-state index contributed by atoms with van der Waals surface area (Å²) in [7, 11) is 3.11. The first-order valence-electron chi connectivity index (χ1n) is 4.87. The topological polar surface area (TPSA) is 53.4 Å². The quantitative estimate of drug-likeness (QED) is 0.542. The molecule has 84 valence electrons. The lowest BCUT2D eigenvalue weighted by molar-refractivity contribution is 0.0592. The van der Waals surface area contributed by atoms with Gasteiger partial charge in [0.1, 0.15) is 11.3 Å². The van der Waals surface area contributed by atoms with Gasteiger partial charge in [-0.3, -0.25) is 4.68 Å². The molecular weight excluding hydrogens is 196 g/mol. The van der Waals surface area contributed by atoms with Gasteiger partial charge in [-0.05, 0) is 6.42 Å². The molecule has 0 saturated heterocycles. The van der Waals surface area contributed by atoms with Gasteiger partial charge in [-0.1, -0.05) is 6.92 Å². The van der Waals surface area contributed by atoms with Crippen LogP contribution in [-0.2, 0) is 23.1 Å². The van der Waals surface area contributed by atoms with Crippen LogP contribution in [0.25, 0.3) is 0 Å². The average molecular weight is 212 g/mol. The SMILES string of the molecule is CCCOCc1nn(C)cc1C(=O)OC. The van der Waals surface area contributed by atoms with Crippen molar-refractivity contribution in [3.8, 4) is 0 Å². The van der Waals surface area contributed by atoms with Gasteiger partial charge >= 0.3 is 5.97 Å². The summed E-state index contributed by atoms with van der Waals surface area (Å²) in [4.78, 5) is 11.3. The molecule has 0 saturated carbocycles. The second-order valence-corrected chi connectivity index (χ2v) is 3.21. The van der Waals surface area contributed by atoms with E-state index in [1.54, 1.807) is 17.9 Å². The molecule has 1 aromatic heterocycles. The van der Waals surface area contributed by atoms with Crippen molar-refractivity contribution in [3.63, 3.8) is 0 Å². The Morgan fingerprint density at radius 3 is 2.93 bits per heavy atom. The highest BCUT2D eigenvalue weighted by atomic mass is 16.5. The molecule has 0 fully saturated rings. The summed E-state index contributed by atoms with van der Waals surface area (Å²) in [6.07, 6.45) is 2.58. The molecule has 5 nitrogen and oxygen atoms in total. The Labute approximate surface area is 89.0 Å². The molecule has 0 aliphatic carbocycles. The summed E-state index contributed by atoms with van der Waals surface area (Å²) in [6, 6.07) is 0. The van der Waals surface area contributed by atoms with E-state index in [1.165, 1.54) is 7.11 Å². The van der Waals surface area contributed by atoms with E-state index in [0.29, 0.717) is 24.5 Å². The minimum atomic E-state index is -0.377. The number of nitrogens with zero attached hydrogens (tertiary/aromatic N) is 2. The molecule has 1 heterocycles. The lowest BCUT2D eigenvalue weighted by Crippen LogP contribution is -2.05. The first-order chi connectivity index (χ1) is 7.19. The Balaban J connectivity index is 2.72. The smallest absolute Gasteiger partial charge is 0.341 e. The van der Waals surface area contributed by atoms with Crippen LogP contribution in [0.2, 0.25) is 0 Å². The second kappa shape index (κ2) is 5.50. The Bertz CT molecular complexity index is 333. The van der Waals surface area contributed by atoms with E-state index in [1.807, 2.05) is 6.92 Å². The van der Waals surface area contributed by atoms with Crippen molar-refractivity contribution in [1.29, 1.82) is 0 Å². The molecule has 0 aliphatic heterocycles. The minimum Gasteiger partial charge on any atom is -0.465 e. The Morgan fingerprint density at radius 1 is 1.60 bits per heavy atom. The summed E-state index contributed by atoms with van der Waals surface area (Å²) < 4.78 is 11.6. The van der Waals surface area contributed by atoms with Crippen molar-refractivity contribution in [2.24, 2.45) is 7.05 Å². The van der Waals surface area contributed by atoms with Gasteiger partial charge in [-0.2, -0.15) is 5.10 Å². The largest absolute Gasteiger partial charge is 0.465 e. The highest BCUT2D eigenvalue weighted by Crippen LogP contribution is 2.09. The molecule has 0 aliphatic rings. The number of aryl methyl sites for hydroxylation is 1. The monoisotopic (exact) mass is 212 g/mol. The van der Waals surface area contributed by atoms with Crippen LogP contribution in [-0.4, -0.2) is 29.5 Å². The van der Waals surface area contributed by atoms with Gasteiger partial charge in [-0.15, -0.1) is 0 Å². The summed E-state index contributed by atoms with van der Waals surface area (Å²) in [5, 5.41) is 4.14. The number of hydrogen-bond donors (Lipinski definition) is 0. The first-order valence-corrected chi connectivity index (χ1v) is 4.87. The fourth-order valence-corrected chi connectivity index (χ4v) is 1.23. The maximum absolute atomic E-state index is 11.3. The molecule has 0 amide bonds. The molecule has 0 atom stereocenters. The average Bonchev–Trinajstić information content (AvgIpc) is 2.59. The van der Waals surface area contributed by atoms with Crippen molar-refractivity contribution in [2.75, 3.05) is 13.7 Å². The van der Waals surface area contributed by atoms with E-state index in [2.05, 4.69) is 9.84 Å². The predicted octanol–water partition coefficient (Wildman–Crippen LogP) is 1.13. The minimum absolute atomic E-state index is 0.346. The molecule has 5 heteroatoms. The van der Waals surface area contributed by atoms with E-state index in [0.717, 1.165) is 6.42 Å². The number of aromatic nitrogens is 2. The van der Waals surface area contributed by atoms with E-state index in [9.17, 15) is 4.79 Å². The summed E-state index contributed by atoms with van der Waals surface area (Å²) in [6.45, 7) is 3.04. The van der Waals surface area contributed by atoms with E-state index in [4.69, 9.17) is 4.74 Å². The second-order valence-electron chi connectivity index (χ2n) is 3.21. The first kappa shape index (κ1) is 11.7. The molecular formula is C10H16N2O3. The molecule has 1 aromatic rings. The molecule has 0 N–H and O–H groups in total. The van der Waals surface area contributed by atoms with Gasteiger partial charge in [-0.25, -0.2) is 4.79 Å². The highest BCUT2D eigenvalue weighted by molar-refractivity contribution is 5.90. The number of hydrogen-bond acceptors (Lipinski definition) is 4. The Kier molecular flexibility index (Phi) is 4.30. The molecule has 1 rings (SSSR count). The van der Waals surface area contributed by atoms with E-state index < -0.39 is 0 Å². The van der Waals surface area contributed by atoms with Gasteiger partial charge in [0.15, 0.2) is 0 Å². The maximum Gasteiger partial charge on any atom is 0.341 e. The zero-order valence-electron chi connectivity index (χ0n) is 9.32. The third kappa shape index (κ3) is 3.06. The van der Waals surface area contributed by atoms with Crippen LogP contribution in [0.4, 0.5) is 0 Å². The predicted molar refractivity (Wildman–Crippen MR) is 54.5 cm³/mol. The normalized spacial score (nSPS) is 10.3. The molecule has 0 aromatic carbocycles. The standard InChI is InChI=1S/C10H16N2O3/c1-4-5-15-7-9-8(10(13)14-3)6-12(2)11-9/h6H,4-5,7H2,1-3H3. The number of rotatable bonds is 5. The Hall–Kier alpha value is -1.36. The van der Waals surface area contributed by atoms with Crippen LogP contribution < -0.4 is 0 Å². The fraction of sp³-hybridized carbons (Fsp3) is 0.600. The van der Waals surface area contributed by atoms with Crippen molar-refractivity contribution in [2.45, 2.75) is 20.0 Å². The van der Waals surface area contributed by atoms with E-state index in [-0.39, 0.29) is 5.97 Å². The van der Waals surface area contributed by atoms with Gasteiger partial charge in [0, 0.05) is 19.9 Å². The molecule has 0 spiro atoms. The van der Waals surface area contributed by atoms with Gasteiger partial charge < -0.3 is 9.47 Å². The van der Waals surface area contributed by atoms with Gasteiger partial charge in [0.05, 0.1) is 13.7 Å². The number of carbonyl (C=O) groups excluding carboxylic acids is 1. The van der Waals surface area contributed by atoms with Crippen molar-refractivity contribution < 1.29 is 14.3 Å². The fourth-order valence-electron chi connectivity index (χ4n) is 1.23. The number of esters is 1. The van der Waals surface area contributed by atoms with Crippen LogP contribution in [0.15, 0.2) is 6.20 Å². The Morgan fingerprint density at radius 2 is 2.33 bits per heavy atom. The maximum atomic E-state index is 11.3. The third-order valence-corrected chi connectivity index (χ3v) is 1.90. The lowest BCUT2D eigenvalue weighted by Gasteiger charge is -2.01. The molecule has 15 heavy (non-hydrogen) atoms. The van der Waals surface area contributed by atoms with Crippen molar-refractivity contribution >= 4 is 5.97 Å². The third-order valence-electron chi connectivity index (χ3n) is 1.90. The molecule has 0 radical (unpaired) electrons. The van der Waals surface area contributed by atoms with Crippen LogP contribution in [0.5, 0.6) is 0 Å². The summed E-state index contributed by atoms with van der Waals surface area (Å²) in [5.74, 6) is -0.377. The number of methoxy groups -OCH3 is 1. The zero-order valence-corrected chi connectivity index (χ0v) is 9.32. The van der Waals surface area contributed by atoms with Gasteiger partial charge in [0.2, 0.25) is 0 Å². The van der Waals surface area contributed by atoms with Crippen LogP contribution >= 0.6 is 0 Å². The van der Waals surface area contributed by atoms with Crippen molar-refractivity contribution in [1.82, 2.24) is 9.78 Å². The van der Waals surface area contributed by atoms with Crippen LogP contribution in [0.3, 0.4) is 0 Å². The number of ether oxygens (including phenoxy) is 2. The summed E-state index contributed by atoms with van der Waals surface area (Å²) >= 11 is 0. The summed E-state index contributed by atoms with van der Waals surface area (Å²) in [5.41, 5.74) is 1.09. The highest BCUT2D eigenvalue weighted by Gasteiger charge is 2.15. The molecule has 0 unspecified atom stereocenters. The van der Waals surface area contributed by atoms with Crippen molar-refractivity contribution in [3.05, 3.63) is 17.5 Å². The molecule has 0 bridgehead atoms. The zero-order chi connectivity index (χ0) is 11.3.